The maximum absolute atomic E-state index is 11.8. The Bertz CT molecular complexity index is 741. The number of aromatic nitrogens is 3. The van der Waals surface area contributed by atoms with E-state index in [0.29, 0.717) is 28.7 Å². The summed E-state index contributed by atoms with van der Waals surface area (Å²) in [6.07, 6.45) is 8.35. The second kappa shape index (κ2) is 7.12. The summed E-state index contributed by atoms with van der Waals surface area (Å²) in [6, 6.07) is 3.87. The van der Waals surface area contributed by atoms with Crippen LogP contribution in [-0.2, 0) is 13.6 Å². The molecule has 23 heavy (non-hydrogen) atoms. The number of aryl methyl sites for hydroxylation is 1. The van der Waals surface area contributed by atoms with Crippen molar-refractivity contribution in [3.8, 4) is 5.88 Å². The average molecular weight is 379 g/mol. The van der Waals surface area contributed by atoms with Crippen LogP contribution < -0.4 is 15.6 Å². The minimum atomic E-state index is -0.171. The van der Waals surface area contributed by atoms with Gasteiger partial charge in [0.15, 0.2) is 0 Å². The molecule has 2 heterocycles. The van der Waals surface area contributed by atoms with Crippen molar-refractivity contribution in [1.29, 1.82) is 0 Å². The molecular weight excluding hydrogens is 360 g/mol. The molecule has 0 saturated heterocycles. The number of nitrogens with zero attached hydrogens (tertiary/aromatic N) is 3. The molecule has 1 saturated carbocycles. The first-order valence-corrected chi connectivity index (χ1v) is 8.50. The van der Waals surface area contributed by atoms with Crippen LogP contribution in [0, 0.1) is 0 Å². The van der Waals surface area contributed by atoms with E-state index in [2.05, 4.69) is 31.3 Å². The molecule has 2 aromatic heterocycles. The van der Waals surface area contributed by atoms with Crippen LogP contribution in [0.4, 0.5) is 5.69 Å². The van der Waals surface area contributed by atoms with Crippen molar-refractivity contribution < 1.29 is 4.74 Å². The topological polar surface area (TPSA) is 69.0 Å². The number of nitrogens with one attached hydrogen (secondary N) is 1. The summed E-state index contributed by atoms with van der Waals surface area (Å²) in [5.74, 6) is 0.664. The number of hydrogen-bond acceptors (Lipinski definition) is 5. The molecule has 0 aromatic carbocycles. The van der Waals surface area contributed by atoms with Gasteiger partial charge < -0.3 is 10.1 Å². The van der Waals surface area contributed by atoms with E-state index in [1.54, 1.807) is 19.4 Å². The average Bonchev–Trinajstić information content (AvgIpc) is 3.05. The standard InChI is InChI=1S/C16H19BrN4O2/c1-21-16(22)15(17)13(10-20-21)19-9-11-6-7-18-14(8-11)23-12-4-2-3-5-12/h6-8,10,12,19H,2-5,9H2,1H3. The highest BCUT2D eigenvalue weighted by Crippen LogP contribution is 2.23. The molecule has 0 atom stereocenters. The molecule has 0 spiro atoms. The molecule has 1 fully saturated rings. The fraction of sp³-hybridized carbons (Fsp3) is 0.438. The Morgan fingerprint density at radius 1 is 1.43 bits per heavy atom. The number of hydrogen-bond donors (Lipinski definition) is 1. The lowest BCUT2D eigenvalue weighted by atomic mass is 10.2. The zero-order valence-corrected chi connectivity index (χ0v) is 14.5. The first kappa shape index (κ1) is 16.0. The van der Waals surface area contributed by atoms with Gasteiger partial charge in [-0.15, -0.1) is 0 Å². The summed E-state index contributed by atoms with van der Waals surface area (Å²) in [5.41, 5.74) is 1.54. The first-order valence-electron chi connectivity index (χ1n) is 7.71. The zero-order chi connectivity index (χ0) is 16.2. The van der Waals surface area contributed by atoms with Crippen LogP contribution >= 0.6 is 15.9 Å². The molecule has 0 bridgehead atoms. The van der Waals surface area contributed by atoms with E-state index < -0.39 is 0 Å². The van der Waals surface area contributed by atoms with Gasteiger partial charge in [0.1, 0.15) is 10.6 Å². The van der Waals surface area contributed by atoms with E-state index >= 15 is 0 Å². The number of anilines is 1. The van der Waals surface area contributed by atoms with Crippen LogP contribution in [0.3, 0.4) is 0 Å². The third kappa shape index (κ3) is 3.90. The van der Waals surface area contributed by atoms with Crippen molar-refractivity contribution in [3.05, 3.63) is 44.9 Å². The van der Waals surface area contributed by atoms with Crippen LogP contribution in [0.25, 0.3) is 0 Å². The molecule has 1 aliphatic rings. The molecule has 3 rings (SSSR count). The van der Waals surface area contributed by atoms with Crippen LogP contribution in [0.5, 0.6) is 5.88 Å². The van der Waals surface area contributed by atoms with Gasteiger partial charge >= 0.3 is 0 Å². The third-order valence-corrected chi connectivity index (χ3v) is 4.72. The molecule has 0 radical (unpaired) electrons. The minimum absolute atomic E-state index is 0.171. The summed E-state index contributed by atoms with van der Waals surface area (Å²) in [4.78, 5) is 16.1. The summed E-state index contributed by atoms with van der Waals surface area (Å²) >= 11 is 3.30. The van der Waals surface area contributed by atoms with Crippen LogP contribution in [0.2, 0.25) is 0 Å². The van der Waals surface area contributed by atoms with Crippen molar-refractivity contribution in [2.24, 2.45) is 7.05 Å². The Balaban J connectivity index is 1.66. The Hall–Kier alpha value is -1.89. The fourth-order valence-corrected chi connectivity index (χ4v) is 3.13. The van der Waals surface area contributed by atoms with Gasteiger partial charge in [0, 0.05) is 25.9 Å². The second-order valence-electron chi connectivity index (χ2n) is 5.68. The monoisotopic (exact) mass is 378 g/mol. The van der Waals surface area contributed by atoms with Crippen molar-refractivity contribution in [1.82, 2.24) is 14.8 Å². The molecule has 2 aromatic rings. The number of halogens is 1. The molecule has 6 nitrogen and oxygen atoms in total. The van der Waals surface area contributed by atoms with Crippen molar-refractivity contribution in [2.45, 2.75) is 38.3 Å². The predicted octanol–water partition coefficient (Wildman–Crippen LogP) is 2.87. The molecule has 122 valence electrons. The number of ether oxygens (including phenoxy) is 1. The molecule has 1 aliphatic carbocycles. The van der Waals surface area contributed by atoms with Gasteiger partial charge in [0.05, 0.1) is 11.9 Å². The van der Waals surface area contributed by atoms with E-state index in [-0.39, 0.29) is 5.56 Å². The lowest BCUT2D eigenvalue weighted by Gasteiger charge is -2.13. The van der Waals surface area contributed by atoms with E-state index in [9.17, 15) is 4.79 Å². The quantitative estimate of drug-likeness (QED) is 0.865. The highest BCUT2D eigenvalue weighted by atomic mass is 79.9. The van der Waals surface area contributed by atoms with Gasteiger partial charge in [0.2, 0.25) is 5.88 Å². The third-order valence-electron chi connectivity index (χ3n) is 3.95. The Morgan fingerprint density at radius 3 is 3.00 bits per heavy atom. The van der Waals surface area contributed by atoms with Crippen molar-refractivity contribution in [3.63, 3.8) is 0 Å². The van der Waals surface area contributed by atoms with Gasteiger partial charge in [0.25, 0.3) is 5.56 Å². The Morgan fingerprint density at radius 2 is 2.22 bits per heavy atom. The fourth-order valence-electron chi connectivity index (χ4n) is 2.63. The molecule has 1 N–H and O–H groups in total. The first-order chi connectivity index (χ1) is 11.1. The molecule has 0 unspecified atom stereocenters. The van der Waals surface area contributed by atoms with Gasteiger partial charge in [-0.1, -0.05) is 0 Å². The van der Waals surface area contributed by atoms with Gasteiger partial charge in [-0.05, 0) is 53.2 Å². The summed E-state index contributed by atoms with van der Waals surface area (Å²) in [5, 5.41) is 7.22. The summed E-state index contributed by atoms with van der Waals surface area (Å²) in [6.45, 7) is 0.566. The smallest absolute Gasteiger partial charge is 0.282 e. The predicted molar refractivity (Wildman–Crippen MR) is 91.6 cm³/mol. The second-order valence-corrected chi connectivity index (χ2v) is 6.47. The highest BCUT2D eigenvalue weighted by Gasteiger charge is 2.17. The van der Waals surface area contributed by atoms with Gasteiger partial charge in [-0.3, -0.25) is 4.79 Å². The van der Waals surface area contributed by atoms with Gasteiger partial charge in [-0.25, -0.2) is 9.67 Å². The van der Waals surface area contributed by atoms with E-state index in [4.69, 9.17) is 4.74 Å². The molecule has 0 aliphatic heterocycles. The lowest BCUT2D eigenvalue weighted by Crippen LogP contribution is -2.21. The number of rotatable bonds is 5. The van der Waals surface area contributed by atoms with Crippen LogP contribution in [-0.4, -0.2) is 20.9 Å². The normalized spacial score (nSPS) is 14.9. The van der Waals surface area contributed by atoms with Gasteiger partial charge in [-0.2, -0.15) is 5.10 Å². The van der Waals surface area contributed by atoms with Crippen LogP contribution in [0.15, 0.2) is 33.8 Å². The Labute approximate surface area is 143 Å². The van der Waals surface area contributed by atoms with E-state index in [1.807, 2.05) is 12.1 Å². The zero-order valence-electron chi connectivity index (χ0n) is 13.0. The largest absolute Gasteiger partial charge is 0.474 e. The Kier molecular flexibility index (Phi) is 4.95. The van der Waals surface area contributed by atoms with Crippen molar-refractivity contribution in [2.75, 3.05) is 5.32 Å². The molecular formula is C16H19BrN4O2. The summed E-state index contributed by atoms with van der Waals surface area (Å²) in [7, 11) is 1.62. The lowest BCUT2D eigenvalue weighted by molar-refractivity contribution is 0.201. The maximum Gasteiger partial charge on any atom is 0.282 e. The molecule has 0 amide bonds. The highest BCUT2D eigenvalue weighted by molar-refractivity contribution is 9.10. The van der Waals surface area contributed by atoms with Crippen molar-refractivity contribution >= 4 is 21.6 Å². The minimum Gasteiger partial charge on any atom is -0.474 e. The maximum atomic E-state index is 11.8. The SMILES string of the molecule is Cn1ncc(NCc2ccnc(OC3CCCC3)c2)c(Br)c1=O. The number of pyridine rings is 1. The van der Waals surface area contributed by atoms with E-state index in [0.717, 1.165) is 18.4 Å². The molecule has 7 heteroatoms. The van der Waals surface area contributed by atoms with Crippen LogP contribution in [0.1, 0.15) is 31.2 Å². The summed E-state index contributed by atoms with van der Waals surface area (Å²) < 4.78 is 7.68. The van der Waals surface area contributed by atoms with E-state index in [1.165, 1.54) is 17.5 Å².